The molecule has 2 bridgehead atoms. The number of nitro groups is 1. The van der Waals surface area contributed by atoms with Gasteiger partial charge in [-0.2, -0.15) is 0 Å². The molecule has 4 fully saturated rings. The number of nitrogens with two attached hydrogens (primary N) is 1. The van der Waals surface area contributed by atoms with Gasteiger partial charge < -0.3 is 25.7 Å². The molecule has 41 heavy (non-hydrogen) atoms. The van der Waals surface area contributed by atoms with Crippen molar-refractivity contribution >= 4 is 24.9 Å². The number of aliphatic imine (C=N–C) groups is 1. The number of rotatable bonds is 13. The van der Waals surface area contributed by atoms with Gasteiger partial charge in [-0.25, -0.2) is 15.1 Å². The summed E-state index contributed by atoms with van der Waals surface area (Å²) in [6.07, 6.45) is 9.79. The number of hydrogen-bond donors (Lipinski definition) is 4. The summed E-state index contributed by atoms with van der Waals surface area (Å²) in [5.74, 6) is 0.312. The van der Waals surface area contributed by atoms with E-state index in [1.165, 1.54) is 0 Å². The van der Waals surface area contributed by atoms with Crippen LogP contribution in [0.2, 0.25) is 0 Å². The third-order valence-corrected chi connectivity index (χ3v) is 9.70. The first-order valence-corrected chi connectivity index (χ1v) is 15.1. The molecule has 0 radical (unpaired) electrons. The average molecular weight is 575 g/mol. The van der Waals surface area contributed by atoms with Crippen LogP contribution < -0.4 is 21.8 Å². The maximum Gasteiger partial charge on any atom is 0.481 e. The molecule has 228 valence electrons. The second-order valence-corrected chi connectivity index (χ2v) is 13.4. The van der Waals surface area contributed by atoms with Crippen molar-refractivity contribution in [3.05, 3.63) is 22.3 Å². The molecule has 3 saturated carbocycles. The van der Waals surface area contributed by atoms with E-state index in [-0.39, 0.29) is 59.2 Å². The Kier molecular flexibility index (Phi) is 9.68. The molecule has 1 unspecified atom stereocenters. The number of hydrazine groups is 1. The molecule has 0 spiro atoms. The number of hydrogen-bond acceptors (Lipinski definition) is 7. The zero-order valence-electron chi connectivity index (χ0n) is 25.1. The summed E-state index contributed by atoms with van der Waals surface area (Å²) in [7, 11) is -0.566. The Bertz CT molecular complexity index is 1050. The number of guanidine groups is 1. The van der Waals surface area contributed by atoms with Crippen molar-refractivity contribution in [3.8, 4) is 0 Å². The van der Waals surface area contributed by atoms with Gasteiger partial charge in [0.05, 0.1) is 17.6 Å². The summed E-state index contributed by atoms with van der Waals surface area (Å²) < 4.78 is 13.2. The lowest BCUT2D eigenvalue weighted by molar-refractivity contribution is -0.525. The van der Waals surface area contributed by atoms with E-state index in [0.717, 1.165) is 25.7 Å². The van der Waals surface area contributed by atoms with E-state index in [9.17, 15) is 19.7 Å². The zero-order chi connectivity index (χ0) is 29.9. The molecule has 13 heteroatoms. The molecule has 0 aromatic heterocycles. The second kappa shape index (κ2) is 12.7. The van der Waals surface area contributed by atoms with Crippen molar-refractivity contribution in [1.82, 2.24) is 16.1 Å². The summed E-state index contributed by atoms with van der Waals surface area (Å²) in [4.78, 5) is 41.1. The molecule has 0 aromatic rings. The Morgan fingerprint density at radius 1 is 1.24 bits per heavy atom. The first kappa shape index (κ1) is 31.3. The largest absolute Gasteiger partial charge is 0.481 e. The predicted octanol–water partition coefficient (Wildman–Crippen LogP) is 2.50. The lowest BCUT2D eigenvalue weighted by atomic mass is 9.43. The molecular formula is C28H47BN6O6. The quantitative estimate of drug-likeness (QED) is 0.0495. The van der Waals surface area contributed by atoms with Crippen LogP contribution in [0.5, 0.6) is 0 Å². The van der Waals surface area contributed by atoms with Crippen molar-refractivity contribution in [2.24, 2.45) is 39.8 Å². The highest BCUT2D eigenvalue weighted by molar-refractivity contribution is 6.48. The number of allylic oxidation sites excluding steroid dienone is 2. The van der Waals surface area contributed by atoms with Gasteiger partial charge in [0.1, 0.15) is 6.04 Å². The van der Waals surface area contributed by atoms with E-state index < -0.39 is 18.2 Å². The van der Waals surface area contributed by atoms with Crippen LogP contribution in [0.1, 0.15) is 86.0 Å². The Balaban J connectivity index is 1.42. The van der Waals surface area contributed by atoms with E-state index >= 15 is 0 Å². The van der Waals surface area contributed by atoms with Crippen LogP contribution in [0.3, 0.4) is 0 Å². The smallest absolute Gasteiger partial charge is 0.404 e. The molecule has 1 aliphatic heterocycles. The maximum absolute atomic E-state index is 13.7. The van der Waals surface area contributed by atoms with E-state index in [2.05, 4.69) is 56.3 Å². The highest BCUT2D eigenvalue weighted by Crippen LogP contribution is 2.65. The van der Waals surface area contributed by atoms with Crippen LogP contribution in [0.25, 0.3) is 0 Å². The summed E-state index contributed by atoms with van der Waals surface area (Å²) in [6, 6.07) is -0.798. The van der Waals surface area contributed by atoms with Crippen LogP contribution in [0, 0.1) is 39.2 Å². The maximum atomic E-state index is 13.7. The number of nitrogens with one attached hydrogen (secondary N) is 3. The Morgan fingerprint density at radius 3 is 2.63 bits per heavy atom. The minimum atomic E-state index is -0.798. The SMILES string of the molecule is CC(C)C[C@H](NC(=O)[C@H](CCCN=C(N)N[N+](=O)[O-])NC(=O)CC1C=CCC1)B1O[C@@H]2C[C@H]3C[C@H](C3(C)C)[C@]2(C)O1. The molecule has 12 nitrogen and oxygen atoms in total. The van der Waals surface area contributed by atoms with Gasteiger partial charge in [0, 0.05) is 13.0 Å². The van der Waals surface area contributed by atoms with Crippen LogP contribution >= 0.6 is 0 Å². The van der Waals surface area contributed by atoms with Gasteiger partial charge in [0.25, 0.3) is 5.96 Å². The van der Waals surface area contributed by atoms with Crippen LogP contribution in [0.15, 0.2) is 17.1 Å². The number of carbonyl (C=O) groups is 2. The normalized spacial score (nSPS) is 31.3. The second-order valence-electron chi connectivity index (χ2n) is 13.4. The van der Waals surface area contributed by atoms with Crippen LogP contribution in [-0.4, -0.2) is 60.2 Å². The van der Waals surface area contributed by atoms with E-state index in [1.54, 1.807) is 5.43 Å². The van der Waals surface area contributed by atoms with E-state index in [1.807, 2.05) is 6.08 Å². The summed E-state index contributed by atoms with van der Waals surface area (Å²) in [6.45, 7) is 11.2. The zero-order valence-corrected chi connectivity index (χ0v) is 25.1. The van der Waals surface area contributed by atoms with Gasteiger partial charge in [-0.15, -0.1) is 0 Å². The van der Waals surface area contributed by atoms with Crippen molar-refractivity contribution in [3.63, 3.8) is 0 Å². The minimum absolute atomic E-state index is 0.00176. The summed E-state index contributed by atoms with van der Waals surface area (Å²) in [5, 5.41) is 15.9. The molecule has 7 atom stereocenters. The highest BCUT2D eigenvalue weighted by Gasteiger charge is 2.68. The fourth-order valence-electron chi connectivity index (χ4n) is 7.35. The van der Waals surface area contributed by atoms with E-state index in [4.69, 9.17) is 15.0 Å². The van der Waals surface area contributed by atoms with Crippen molar-refractivity contribution in [1.29, 1.82) is 0 Å². The highest BCUT2D eigenvalue weighted by atomic mass is 16.7. The lowest BCUT2D eigenvalue weighted by Gasteiger charge is -2.64. The standard InChI is InChI=1S/C28H47BN6O6/c1-17(2)13-23(29-40-22-16-19-15-21(27(19,3)4)28(22,5)41-29)33-25(37)20(11-8-12-31-26(30)34-35(38)39)32-24(36)14-18-9-6-7-10-18/h6,9,17-23H,7-8,10-16H2,1-5H3,(H,32,36)(H,33,37)(H3,30,31,34)/t18?,19-,20+,21-,22-,23+,28+/m1/s1. The fraction of sp³-hybridized carbons (Fsp3) is 0.821. The lowest BCUT2D eigenvalue weighted by Crippen LogP contribution is -2.65. The van der Waals surface area contributed by atoms with Gasteiger partial charge in [-0.3, -0.25) is 9.59 Å². The molecule has 5 aliphatic rings. The molecule has 4 aliphatic carbocycles. The molecule has 2 amide bonds. The first-order valence-electron chi connectivity index (χ1n) is 15.1. The molecule has 1 heterocycles. The third kappa shape index (κ3) is 7.22. The van der Waals surface area contributed by atoms with Crippen LogP contribution in [-0.2, 0) is 18.9 Å². The Morgan fingerprint density at radius 2 is 2.00 bits per heavy atom. The van der Waals surface area contributed by atoms with E-state index in [0.29, 0.717) is 37.5 Å². The minimum Gasteiger partial charge on any atom is -0.404 e. The van der Waals surface area contributed by atoms with Gasteiger partial charge in [-0.1, -0.05) is 45.3 Å². The van der Waals surface area contributed by atoms with Crippen molar-refractivity contribution in [2.75, 3.05) is 6.54 Å². The van der Waals surface area contributed by atoms with Crippen molar-refractivity contribution in [2.45, 2.75) is 110 Å². The average Bonchev–Trinajstić information content (AvgIpc) is 3.51. The summed E-state index contributed by atoms with van der Waals surface area (Å²) >= 11 is 0. The molecule has 1 saturated heterocycles. The number of nitrogens with zero attached hydrogens (tertiary/aromatic N) is 2. The van der Waals surface area contributed by atoms with Gasteiger partial charge >= 0.3 is 7.12 Å². The topological polar surface area (TPSA) is 170 Å². The first-order chi connectivity index (χ1) is 19.3. The number of carbonyl (C=O) groups excluding carboxylic acids is 2. The van der Waals surface area contributed by atoms with Gasteiger partial charge in [-0.05, 0) is 81.0 Å². The fourth-order valence-corrected chi connectivity index (χ4v) is 7.35. The number of amides is 2. The van der Waals surface area contributed by atoms with Gasteiger partial charge in [0.2, 0.25) is 11.8 Å². The van der Waals surface area contributed by atoms with Crippen LogP contribution in [0.4, 0.5) is 0 Å². The molecule has 5 N–H and O–H groups in total. The predicted molar refractivity (Wildman–Crippen MR) is 156 cm³/mol. The van der Waals surface area contributed by atoms with Gasteiger partial charge in [0.15, 0.2) is 5.03 Å². The third-order valence-electron chi connectivity index (χ3n) is 9.70. The summed E-state index contributed by atoms with van der Waals surface area (Å²) in [5.41, 5.74) is 7.14. The Hall–Kier alpha value is -2.67. The van der Waals surface area contributed by atoms with Crippen molar-refractivity contribution < 1.29 is 23.9 Å². The molecule has 5 rings (SSSR count). The molecular weight excluding hydrogens is 527 g/mol. The molecule has 0 aromatic carbocycles. The monoisotopic (exact) mass is 574 g/mol. The Labute approximate surface area is 243 Å².